The second kappa shape index (κ2) is 7.66. The molecule has 0 aliphatic carbocycles. The Morgan fingerprint density at radius 2 is 1.85 bits per heavy atom. The first-order chi connectivity index (χ1) is 9.37. The number of nitrogens with one attached hydrogen (secondary N) is 1. The minimum atomic E-state index is -3.84. The van der Waals surface area contributed by atoms with Gasteiger partial charge in [0, 0.05) is 7.05 Å². The fourth-order valence-corrected chi connectivity index (χ4v) is 2.86. The maximum Gasteiger partial charge on any atom is 0.252 e. The molecule has 0 heterocycles. The molecule has 0 aliphatic rings. The Labute approximate surface area is 118 Å². The van der Waals surface area contributed by atoms with Crippen LogP contribution >= 0.6 is 0 Å². The van der Waals surface area contributed by atoms with E-state index in [-0.39, 0.29) is 4.90 Å². The van der Waals surface area contributed by atoms with Crippen molar-refractivity contribution in [2.24, 2.45) is 0 Å². The average Bonchev–Trinajstić information content (AvgIpc) is 2.39. The lowest BCUT2D eigenvalue weighted by Crippen LogP contribution is -2.31. The van der Waals surface area contributed by atoms with Gasteiger partial charge in [-0.25, -0.2) is 17.2 Å². The van der Waals surface area contributed by atoms with Gasteiger partial charge in [0.1, 0.15) is 0 Å². The van der Waals surface area contributed by atoms with E-state index >= 15 is 0 Å². The van der Waals surface area contributed by atoms with Gasteiger partial charge in [0.25, 0.3) is 6.43 Å². The van der Waals surface area contributed by atoms with Crippen LogP contribution in [-0.4, -0.2) is 45.8 Å². The molecule has 7 heteroatoms. The van der Waals surface area contributed by atoms with Crippen molar-refractivity contribution >= 4 is 10.0 Å². The van der Waals surface area contributed by atoms with Gasteiger partial charge >= 0.3 is 0 Å². The third-order valence-corrected chi connectivity index (χ3v) is 4.70. The fourth-order valence-electron chi connectivity index (χ4n) is 1.71. The Kier molecular flexibility index (Phi) is 6.51. The quantitative estimate of drug-likeness (QED) is 0.744. The molecule has 1 aromatic carbocycles. The molecule has 0 radical (unpaired) electrons. The van der Waals surface area contributed by atoms with Crippen molar-refractivity contribution in [2.75, 3.05) is 26.7 Å². The molecular formula is C13H20F2N2O2S. The van der Waals surface area contributed by atoms with Crippen molar-refractivity contribution in [1.29, 1.82) is 0 Å². The van der Waals surface area contributed by atoms with E-state index in [1.165, 1.54) is 12.1 Å². The monoisotopic (exact) mass is 306 g/mol. The molecule has 0 aliphatic heterocycles. The van der Waals surface area contributed by atoms with Gasteiger partial charge in [-0.15, -0.1) is 0 Å². The van der Waals surface area contributed by atoms with Crippen LogP contribution in [0.5, 0.6) is 0 Å². The largest absolute Gasteiger partial charge is 0.317 e. The molecule has 20 heavy (non-hydrogen) atoms. The van der Waals surface area contributed by atoms with Crippen LogP contribution in [0.15, 0.2) is 29.2 Å². The Hall–Kier alpha value is -1.05. The molecule has 0 bridgehead atoms. The highest BCUT2D eigenvalue weighted by atomic mass is 32.2. The molecule has 0 aromatic heterocycles. The number of rotatable bonds is 8. The molecular weight excluding hydrogens is 286 g/mol. The first kappa shape index (κ1) is 17.0. The summed E-state index contributed by atoms with van der Waals surface area (Å²) in [6.45, 7) is 2.90. The Morgan fingerprint density at radius 1 is 1.25 bits per heavy atom. The van der Waals surface area contributed by atoms with Gasteiger partial charge in [0.2, 0.25) is 10.0 Å². The summed E-state index contributed by atoms with van der Waals surface area (Å²) < 4.78 is 49.2. The summed E-state index contributed by atoms with van der Waals surface area (Å²) in [6.07, 6.45) is -1.89. The third-order valence-electron chi connectivity index (χ3n) is 2.87. The van der Waals surface area contributed by atoms with Crippen molar-refractivity contribution in [3.8, 4) is 0 Å². The normalized spacial score (nSPS) is 12.3. The molecule has 0 saturated carbocycles. The van der Waals surface area contributed by atoms with E-state index in [1.807, 2.05) is 6.92 Å². The lowest BCUT2D eigenvalue weighted by molar-refractivity contribution is 0.126. The predicted octanol–water partition coefficient (Wildman–Crippen LogP) is 1.72. The summed E-state index contributed by atoms with van der Waals surface area (Å²) in [7, 11) is -2.68. The van der Waals surface area contributed by atoms with E-state index in [1.54, 1.807) is 12.1 Å². The summed E-state index contributed by atoms with van der Waals surface area (Å²) >= 11 is 0. The van der Waals surface area contributed by atoms with Gasteiger partial charge < -0.3 is 5.32 Å². The number of likely N-dealkylation sites (N-methyl/N-ethyl adjacent to an activating group) is 1. The SMILES string of the molecule is CCNCCc1ccc(S(=O)(=O)N(C)CC(F)F)cc1. The highest BCUT2D eigenvalue weighted by Gasteiger charge is 2.23. The molecule has 0 fully saturated rings. The topological polar surface area (TPSA) is 49.4 Å². The second-order valence-electron chi connectivity index (χ2n) is 4.42. The first-order valence-electron chi connectivity index (χ1n) is 6.42. The van der Waals surface area contributed by atoms with Crippen molar-refractivity contribution in [3.05, 3.63) is 29.8 Å². The maximum atomic E-state index is 12.3. The number of benzene rings is 1. The zero-order valence-electron chi connectivity index (χ0n) is 11.6. The number of sulfonamides is 1. The molecule has 1 aromatic rings. The van der Waals surface area contributed by atoms with E-state index in [9.17, 15) is 17.2 Å². The zero-order valence-corrected chi connectivity index (χ0v) is 12.5. The Bertz CT molecular complexity index is 504. The van der Waals surface area contributed by atoms with Crippen LogP contribution in [0.2, 0.25) is 0 Å². The maximum absolute atomic E-state index is 12.3. The number of halogens is 2. The first-order valence-corrected chi connectivity index (χ1v) is 7.86. The zero-order chi connectivity index (χ0) is 15.2. The van der Waals surface area contributed by atoms with Gasteiger partial charge in [-0.3, -0.25) is 0 Å². The van der Waals surface area contributed by atoms with Crippen molar-refractivity contribution in [2.45, 2.75) is 24.7 Å². The third kappa shape index (κ3) is 4.81. The summed E-state index contributed by atoms with van der Waals surface area (Å²) in [4.78, 5) is 0.0350. The predicted molar refractivity (Wildman–Crippen MR) is 74.5 cm³/mol. The van der Waals surface area contributed by atoms with Crippen LogP contribution in [0.3, 0.4) is 0 Å². The number of hydrogen-bond donors (Lipinski definition) is 1. The van der Waals surface area contributed by atoms with Gasteiger partial charge in [0.05, 0.1) is 11.4 Å². The van der Waals surface area contributed by atoms with Crippen LogP contribution in [0, 0.1) is 0 Å². The minimum Gasteiger partial charge on any atom is -0.317 e. The van der Waals surface area contributed by atoms with Crippen molar-refractivity contribution < 1.29 is 17.2 Å². The van der Waals surface area contributed by atoms with Gasteiger partial charge in [-0.1, -0.05) is 19.1 Å². The lowest BCUT2D eigenvalue weighted by Gasteiger charge is -2.16. The lowest BCUT2D eigenvalue weighted by atomic mass is 10.1. The standard InChI is InChI=1S/C13H20F2N2O2S/c1-3-16-9-8-11-4-6-12(7-5-11)20(18,19)17(2)10-13(14)15/h4-7,13,16H,3,8-10H2,1-2H3. The second-order valence-corrected chi connectivity index (χ2v) is 6.47. The summed E-state index contributed by atoms with van der Waals surface area (Å²) in [5, 5.41) is 3.17. The minimum absolute atomic E-state index is 0.0350. The van der Waals surface area contributed by atoms with Crippen molar-refractivity contribution in [3.63, 3.8) is 0 Å². The van der Waals surface area contributed by atoms with Crippen LogP contribution in [0.1, 0.15) is 12.5 Å². The van der Waals surface area contributed by atoms with E-state index < -0.39 is 23.0 Å². The molecule has 0 saturated heterocycles. The molecule has 0 amide bonds. The van der Waals surface area contributed by atoms with Gasteiger partial charge in [-0.2, -0.15) is 4.31 Å². The Balaban J connectivity index is 2.76. The van der Waals surface area contributed by atoms with Crippen LogP contribution < -0.4 is 5.32 Å². The van der Waals surface area contributed by atoms with E-state index in [2.05, 4.69) is 5.32 Å². The van der Waals surface area contributed by atoms with Crippen LogP contribution in [0.25, 0.3) is 0 Å². The average molecular weight is 306 g/mol. The number of hydrogen-bond acceptors (Lipinski definition) is 3. The molecule has 4 nitrogen and oxygen atoms in total. The number of alkyl halides is 2. The van der Waals surface area contributed by atoms with Crippen LogP contribution in [0.4, 0.5) is 8.78 Å². The highest BCUT2D eigenvalue weighted by molar-refractivity contribution is 7.89. The Morgan fingerprint density at radius 3 is 2.35 bits per heavy atom. The number of nitrogens with zero attached hydrogens (tertiary/aromatic N) is 1. The van der Waals surface area contributed by atoms with E-state index in [4.69, 9.17) is 0 Å². The van der Waals surface area contributed by atoms with Crippen molar-refractivity contribution in [1.82, 2.24) is 9.62 Å². The highest BCUT2D eigenvalue weighted by Crippen LogP contribution is 2.16. The molecule has 114 valence electrons. The van der Waals surface area contributed by atoms with Gasteiger partial charge in [-0.05, 0) is 37.2 Å². The molecule has 1 N–H and O–H groups in total. The van der Waals surface area contributed by atoms with Gasteiger partial charge in [0.15, 0.2) is 0 Å². The molecule has 0 spiro atoms. The smallest absolute Gasteiger partial charge is 0.252 e. The molecule has 1 rings (SSSR count). The summed E-state index contributed by atoms with van der Waals surface area (Å²) in [5.41, 5.74) is 1.00. The van der Waals surface area contributed by atoms with Crippen LogP contribution in [-0.2, 0) is 16.4 Å². The molecule has 0 unspecified atom stereocenters. The fraction of sp³-hybridized carbons (Fsp3) is 0.538. The molecule has 0 atom stereocenters. The van der Waals surface area contributed by atoms with E-state index in [0.717, 1.165) is 32.1 Å². The summed E-state index contributed by atoms with van der Waals surface area (Å²) in [6, 6.07) is 6.33. The summed E-state index contributed by atoms with van der Waals surface area (Å²) in [5.74, 6) is 0. The van der Waals surface area contributed by atoms with E-state index in [0.29, 0.717) is 4.31 Å².